The fraction of sp³-hybridized carbons (Fsp3) is 0.625. The molecule has 2 unspecified atom stereocenters. The SMILES string of the molecule is Cc1cc(N2CCCCCC2CO)c(C(C)N)cc1F. The number of nitrogens with zero attached hydrogens (tertiary/aromatic N) is 1. The zero-order chi connectivity index (χ0) is 14.7. The third kappa shape index (κ3) is 3.13. The minimum Gasteiger partial charge on any atom is -0.394 e. The molecule has 1 saturated heterocycles. The molecule has 1 aliphatic heterocycles. The van der Waals surface area contributed by atoms with Crippen LogP contribution in [0, 0.1) is 12.7 Å². The molecule has 0 bridgehead atoms. The number of halogens is 1. The van der Waals surface area contributed by atoms with E-state index < -0.39 is 0 Å². The minimum atomic E-state index is -0.220. The quantitative estimate of drug-likeness (QED) is 0.895. The Morgan fingerprint density at radius 1 is 1.40 bits per heavy atom. The van der Waals surface area contributed by atoms with E-state index in [-0.39, 0.29) is 24.5 Å². The van der Waals surface area contributed by atoms with Gasteiger partial charge in [-0.15, -0.1) is 0 Å². The average Bonchev–Trinajstić information content (AvgIpc) is 2.66. The summed E-state index contributed by atoms with van der Waals surface area (Å²) in [6.45, 7) is 4.68. The molecule has 3 N–H and O–H groups in total. The molecule has 0 amide bonds. The fourth-order valence-electron chi connectivity index (χ4n) is 2.98. The fourth-order valence-corrected chi connectivity index (χ4v) is 2.98. The van der Waals surface area contributed by atoms with Crippen molar-refractivity contribution in [2.24, 2.45) is 5.73 Å². The molecule has 0 radical (unpaired) electrons. The number of aryl methyl sites for hydroxylation is 1. The predicted molar refractivity (Wildman–Crippen MR) is 80.4 cm³/mol. The summed E-state index contributed by atoms with van der Waals surface area (Å²) in [5, 5.41) is 9.65. The highest BCUT2D eigenvalue weighted by molar-refractivity contribution is 5.58. The molecular weight excluding hydrogens is 255 g/mol. The van der Waals surface area contributed by atoms with Crippen LogP contribution in [-0.4, -0.2) is 24.3 Å². The molecule has 0 spiro atoms. The Hall–Kier alpha value is -1.13. The number of hydrogen-bond donors (Lipinski definition) is 2. The van der Waals surface area contributed by atoms with Crippen LogP contribution in [0.3, 0.4) is 0 Å². The summed E-state index contributed by atoms with van der Waals surface area (Å²) in [5.74, 6) is -0.212. The van der Waals surface area contributed by atoms with Crippen LogP contribution in [0.2, 0.25) is 0 Å². The normalized spacial score (nSPS) is 21.6. The van der Waals surface area contributed by atoms with Crippen molar-refractivity contribution < 1.29 is 9.50 Å². The molecule has 2 atom stereocenters. The lowest BCUT2D eigenvalue weighted by atomic mass is 10.0. The lowest BCUT2D eigenvalue weighted by Crippen LogP contribution is -2.38. The summed E-state index contributed by atoms with van der Waals surface area (Å²) in [7, 11) is 0. The second-order valence-corrected chi connectivity index (χ2v) is 5.83. The molecule has 2 rings (SSSR count). The van der Waals surface area contributed by atoms with Crippen LogP contribution in [0.4, 0.5) is 10.1 Å². The number of hydrogen-bond acceptors (Lipinski definition) is 3. The van der Waals surface area contributed by atoms with Gasteiger partial charge in [0.1, 0.15) is 5.82 Å². The maximum atomic E-state index is 13.8. The highest BCUT2D eigenvalue weighted by Crippen LogP contribution is 2.32. The van der Waals surface area contributed by atoms with Crippen molar-refractivity contribution in [3.05, 3.63) is 29.1 Å². The summed E-state index contributed by atoms with van der Waals surface area (Å²) in [4.78, 5) is 2.22. The maximum Gasteiger partial charge on any atom is 0.126 e. The van der Waals surface area contributed by atoms with E-state index in [1.165, 1.54) is 6.42 Å². The summed E-state index contributed by atoms with van der Waals surface area (Å²) in [6.07, 6.45) is 4.40. The first-order valence-corrected chi connectivity index (χ1v) is 7.47. The lowest BCUT2D eigenvalue weighted by molar-refractivity contribution is 0.255. The number of rotatable bonds is 3. The van der Waals surface area contributed by atoms with E-state index in [1.54, 1.807) is 13.0 Å². The molecule has 20 heavy (non-hydrogen) atoms. The molecule has 0 aromatic heterocycles. The summed E-state index contributed by atoms with van der Waals surface area (Å²) < 4.78 is 13.8. The van der Waals surface area contributed by atoms with E-state index in [1.807, 2.05) is 13.0 Å². The van der Waals surface area contributed by atoms with Gasteiger partial charge in [-0.3, -0.25) is 0 Å². The van der Waals surface area contributed by atoms with Crippen molar-refractivity contribution in [2.45, 2.75) is 51.6 Å². The van der Waals surface area contributed by atoms with Gasteiger partial charge in [0.25, 0.3) is 0 Å². The van der Waals surface area contributed by atoms with Crippen molar-refractivity contribution in [1.82, 2.24) is 0 Å². The molecule has 1 aromatic carbocycles. The van der Waals surface area contributed by atoms with Crippen LogP contribution >= 0.6 is 0 Å². The van der Waals surface area contributed by atoms with Crippen molar-refractivity contribution in [3.8, 4) is 0 Å². The topological polar surface area (TPSA) is 49.5 Å². The predicted octanol–water partition coefficient (Wildman–Crippen LogP) is 2.90. The second-order valence-electron chi connectivity index (χ2n) is 5.83. The highest BCUT2D eigenvalue weighted by Gasteiger charge is 2.24. The molecule has 4 heteroatoms. The van der Waals surface area contributed by atoms with Crippen molar-refractivity contribution in [3.63, 3.8) is 0 Å². The first kappa shape index (κ1) is 15.3. The van der Waals surface area contributed by atoms with E-state index in [9.17, 15) is 9.50 Å². The van der Waals surface area contributed by atoms with Gasteiger partial charge in [0.2, 0.25) is 0 Å². The van der Waals surface area contributed by atoms with Gasteiger partial charge in [-0.25, -0.2) is 4.39 Å². The molecule has 3 nitrogen and oxygen atoms in total. The standard InChI is InChI=1S/C16H25FN2O/c1-11-8-16(14(12(2)18)9-15(11)17)19-7-5-3-4-6-13(19)10-20/h8-9,12-13,20H,3-7,10,18H2,1-2H3. The highest BCUT2D eigenvalue weighted by atomic mass is 19.1. The van der Waals surface area contributed by atoms with Gasteiger partial charge in [-0.05, 0) is 49.9 Å². The Morgan fingerprint density at radius 2 is 2.15 bits per heavy atom. The van der Waals surface area contributed by atoms with Crippen LogP contribution in [0.15, 0.2) is 12.1 Å². The molecular formula is C16H25FN2O. The molecule has 1 fully saturated rings. The number of benzene rings is 1. The molecule has 1 aromatic rings. The third-order valence-corrected chi connectivity index (χ3v) is 4.20. The van der Waals surface area contributed by atoms with E-state index in [0.29, 0.717) is 5.56 Å². The maximum absolute atomic E-state index is 13.8. The van der Waals surface area contributed by atoms with Crippen LogP contribution in [0.5, 0.6) is 0 Å². The van der Waals surface area contributed by atoms with Crippen LogP contribution < -0.4 is 10.6 Å². The van der Waals surface area contributed by atoms with Crippen LogP contribution in [0.1, 0.15) is 49.8 Å². The van der Waals surface area contributed by atoms with Crippen molar-refractivity contribution in [2.75, 3.05) is 18.1 Å². The van der Waals surface area contributed by atoms with Crippen LogP contribution in [-0.2, 0) is 0 Å². The Kier molecular flexibility index (Phi) is 5.00. The molecule has 1 aliphatic rings. The Bertz CT molecular complexity index is 462. The number of aliphatic hydroxyl groups is 1. The lowest BCUT2D eigenvalue weighted by Gasteiger charge is -2.33. The smallest absolute Gasteiger partial charge is 0.126 e. The number of nitrogens with two attached hydrogens (primary N) is 1. The van der Waals surface area contributed by atoms with Gasteiger partial charge < -0.3 is 15.7 Å². The van der Waals surface area contributed by atoms with E-state index >= 15 is 0 Å². The van der Waals surface area contributed by atoms with E-state index in [0.717, 1.165) is 37.1 Å². The molecule has 0 saturated carbocycles. The molecule has 0 aliphatic carbocycles. The Morgan fingerprint density at radius 3 is 2.80 bits per heavy atom. The Labute approximate surface area is 120 Å². The van der Waals surface area contributed by atoms with Gasteiger partial charge in [0.05, 0.1) is 12.6 Å². The van der Waals surface area contributed by atoms with Gasteiger partial charge in [0, 0.05) is 18.3 Å². The number of anilines is 1. The average molecular weight is 280 g/mol. The zero-order valence-electron chi connectivity index (χ0n) is 12.4. The monoisotopic (exact) mass is 280 g/mol. The Balaban J connectivity index is 2.45. The first-order valence-electron chi connectivity index (χ1n) is 7.47. The summed E-state index contributed by atoms with van der Waals surface area (Å²) >= 11 is 0. The van der Waals surface area contributed by atoms with Crippen molar-refractivity contribution in [1.29, 1.82) is 0 Å². The van der Waals surface area contributed by atoms with Gasteiger partial charge in [0.15, 0.2) is 0 Å². The van der Waals surface area contributed by atoms with Crippen molar-refractivity contribution >= 4 is 5.69 Å². The largest absolute Gasteiger partial charge is 0.394 e. The second kappa shape index (κ2) is 6.55. The van der Waals surface area contributed by atoms with Gasteiger partial charge in [-0.1, -0.05) is 12.8 Å². The van der Waals surface area contributed by atoms with E-state index in [2.05, 4.69) is 4.90 Å². The van der Waals surface area contributed by atoms with Gasteiger partial charge in [-0.2, -0.15) is 0 Å². The van der Waals surface area contributed by atoms with Gasteiger partial charge >= 0.3 is 0 Å². The zero-order valence-corrected chi connectivity index (χ0v) is 12.4. The summed E-state index contributed by atoms with van der Waals surface area (Å²) in [6, 6.07) is 3.32. The minimum absolute atomic E-state index is 0.111. The summed E-state index contributed by atoms with van der Waals surface area (Å²) in [5.41, 5.74) is 8.45. The number of aliphatic hydroxyl groups excluding tert-OH is 1. The first-order chi connectivity index (χ1) is 9.54. The van der Waals surface area contributed by atoms with Crippen LogP contribution in [0.25, 0.3) is 0 Å². The third-order valence-electron chi connectivity index (χ3n) is 4.20. The molecule has 112 valence electrons. The molecule has 1 heterocycles. The van der Waals surface area contributed by atoms with E-state index in [4.69, 9.17) is 5.73 Å².